The number of aliphatic carboxylic acids is 1. The smallest absolute Gasteiger partial charge is 0.352 e. The van der Waals surface area contributed by atoms with Crippen LogP contribution in [0.1, 0.15) is 11.1 Å². The number of carboxylic acid groups (broad SMARTS) is 1. The van der Waals surface area contributed by atoms with E-state index in [1.165, 1.54) is 34.6 Å². The predicted octanol–water partition coefficient (Wildman–Crippen LogP) is 3.23. The summed E-state index contributed by atoms with van der Waals surface area (Å²) in [7, 11) is 0. The van der Waals surface area contributed by atoms with E-state index in [4.69, 9.17) is 0 Å². The summed E-state index contributed by atoms with van der Waals surface area (Å²) in [6.45, 7) is 0. The van der Waals surface area contributed by atoms with E-state index < -0.39 is 12.0 Å². The molecule has 158 valence electrons. The van der Waals surface area contributed by atoms with E-state index in [9.17, 15) is 19.8 Å². The van der Waals surface area contributed by atoms with Gasteiger partial charge in [0.05, 0.1) is 0 Å². The molecule has 1 saturated heterocycles. The molecule has 0 saturated carbocycles. The predicted molar refractivity (Wildman–Crippen MR) is 123 cm³/mol. The lowest BCUT2D eigenvalue weighted by molar-refractivity contribution is -0.147. The van der Waals surface area contributed by atoms with Gasteiger partial charge in [0.1, 0.15) is 16.8 Å². The molecule has 2 aliphatic rings. The van der Waals surface area contributed by atoms with Crippen LogP contribution in [0.5, 0.6) is 5.75 Å². The van der Waals surface area contributed by atoms with Gasteiger partial charge in [-0.1, -0.05) is 18.2 Å². The fourth-order valence-electron chi connectivity index (χ4n) is 3.29. The normalized spacial score (nSPS) is 20.9. The molecule has 1 aromatic heterocycles. The summed E-state index contributed by atoms with van der Waals surface area (Å²) >= 11 is 2.98. The quantitative estimate of drug-likeness (QED) is 0.490. The Balaban J connectivity index is 1.45. The zero-order valence-corrected chi connectivity index (χ0v) is 17.9. The average molecular weight is 454 g/mol. The number of hydrogen-bond acceptors (Lipinski definition) is 7. The van der Waals surface area contributed by atoms with E-state index in [0.717, 1.165) is 5.56 Å². The second kappa shape index (κ2) is 9.40. The van der Waals surface area contributed by atoms with Crippen LogP contribution in [0.3, 0.4) is 0 Å². The van der Waals surface area contributed by atoms with E-state index in [1.54, 1.807) is 36.7 Å². The standard InChI is InChI=1S/C22H19N3O4S2/c26-17-6-2-1-5-15(17)11-24-18-20(27)25-19(22(28)29)16(13-31-21(18)25)12-30-9-7-14-4-3-8-23-10-14/h1-11,18,21,26H,12-13H2,(H,28,29)/t18?,21-/m0/s1. The fraction of sp³-hybridized carbons (Fsp3) is 0.182. The van der Waals surface area contributed by atoms with E-state index in [2.05, 4.69) is 9.98 Å². The number of amides is 1. The number of aromatic hydroxyl groups is 1. The first-order valence-electron chi connectivity index (χ1n) is 9.45. The number of carboxylic acids is 1. The van der Waals surface area contributed by atoms with Gasteiger partial charge in [0.2, 0.25) is 0 Å². The van der Waals surface area contributed by atoms with E-state index >= 15 is 0 Å². The van der Waals surface area contributed by atoms with E-state index in [-0.39, 0.29) is 22.7 Å². The second-order valence-electron chi connectivity index (χ2n) is 6.85. The molecule has 2 atom stereocenters. The van der Waals surface area contributed by atoms with Gasteiger partial charge in [-0.15, -0.1) is 23.5 Å². The monoisotopic (exact) mass is 453 g/mol. The van der Waals surface area contributed by atoms with Gasteiger partial charge in [-0.05, 0) is 40.8 Å². The number of rotatable bonds is 7. The van der Waals surface area contributed by atoms with Crippen LogP contribution in [0.2, 0.25) is 0 Å². The minimum atomic E-state index is -1.10. The molecule has 1 amide bonds. The van der Waals surface area contributed by atoms with Gasteiger partial charge in [0.25, 0.3) is 5.91 Å². The van der Waals surface area contributed by atoms with Crippen molar-refractivity contribution in [1.82, 2.24) is 9.88 Å². The molecule has 2 N–H and O–H groups in total. The summed E-state index contributed by atoms with van der Waals surface area (Å²) < 4.78 is 0. The number of para-hydroxylation sites is 1. The number of fused-ring (bicyclic) bond motifs is 1. The lowest BCUT2D eigenvalue weighted by atomic mass is 10.0. The molecular weight excluding hydrogens is 434 g/mol. The Morgan fingerprint density at radius 2 is 2.16 bits per heavy atom. The average Bonchev–Trinajstić information content (AvgIpc) is 2.78. The largest absolute Gasteiger partial charge is 0.507 e. The highest BCUT2D eigenvalue weighted by molar-refractivity contribution is 8.02. The first-order chi connectivity index (χ1) is 15.1. The molecule has 2 aliphatic heterocycles. The van der Waals surface area contributed by atoms with E-state index in [1.807, 2.05) is 23.6 Å². The van der Waals surface area contributed by atoms with Crippen molar-refractivity contribution in [3.8, 4) is 5.75 Å². The number of aromatic nitrogens is 1. The lowest BCUT2D eigenvalue weighted by Gasteiger charge is -2.47. The topological polar surface area (TPSA) is 103 Å². The molecule has 31 heavy (non-hydrogen) atoms. The molecule has 1 unspecified atom stereocenters. The fourth-order valence-corrected chi connectivity index (χ4v) is 5.54. The third-order valence-corrected chi connectivity index (χ3v) is 7.00. The summed E-state index contributed by atoms with van der Waals surface area (Å²) in [5.41, 5.74) is 2.25. The van der Waals surface area contributed by atoms with Crippen molar-refractivity contribution < 1.29 is 19.8 Å². The lowest BCUT2D eigenvalue weighted by Crippen LogP contribution is -2.64. The maximum absolute atomic E-state index is 12.7. The number of carbonyl (C=O) groups is 2. The molecular formula is C22H19N3O4S2. The molecule has 9 heteroatoms. The highest BCUT2D eigenvalue weighted by atomic mass is 32.2. The Kier molecular flexibility index (Phi) is 6.43. The molecule has 1 fully saturated rings. The van der Waals surface area contributed by atoms with Crippen LogP contribution in [0.15, 0.2) is 70.5 Å². The maximum atomic E-state index is 12.7. The number of β-lactam (4-membered cyclic amide) rings is 1. The highest BCUT2D eigenvalue weighted by Crippen LogP contribution is 2.42. The van der Waals surface area contributed by atoms with Crippen molar-refractivity contribution in [3.63, 3.8) is 0 Å². The van der Waals surface area contributed by atoms with Crippen molar-refractivity contribution in [3.05, 3.63) is 76.6 Å². The van der Waals surface area contributed by atoms with Crippen molar-refractivity contribution in [2.45, 2.75) is 11.4 Å². The minimum Gasteiger partial charge on any atom is -0.507 e. The van der Waals surface area contributed by atoms with Crippen molar-refractivity contribution in [2.75, 3.05) is 11.5 Å². The zero-order chi connectivity index (χ0) is 21.8. The number of benzene rings is 1. The van der Waals surface area contributed by atoms with Gasteiger partial charge < -0.3 is 10.2 Å². The number of hydrogen-bond donors (Lipinski definition) is 2. The number of pyridine rings is 1. The number of aliphatic imine (C=N–C) groups is 1. The van der Waals surface area contributed by atoms with E-state index in [0.29, 0.717) is 22.6 Å². The van der Waals surface area contributed by atoms with Crippen molar-refractivity contribution >= 4 is 47.7 Å². The molecule has 4 rings (SSSR count). The number of carbonyl (C=O) groups excluding carboxylic acids is 1. The molecule has 0 spiro atoms. The highest BCUT2D eigenvalue weighted by Gasteiger charge is 2.53. The summed E-state index contributed by atoms with van der Waals surface area (Å²) in [6.07, 6.45) is 6.83. The van der Waals surface area contributed by atoms with Crippen LogP contribution in [-0.2, 0) is 9.59 Å². The number of thioether (sulfide) groups is 2. The van der Waals surface area contributed by atoms with Gasteiger partial charge in [0.15, 0.2) is 6.04 Å². The van der Waals surface area contributed by atoms with Gasteiger partial charge in [0, 0.05) is 35.7 Å². The Morgan fingerprint density at radius 3 is 2.90 bits per heavy atom. The Morgan fingerprint density at radius 1 is 1.32 bits per heavy atom. The maximum Gasteiger partial charge on any atom is 0.352 e. The summed E-state index contributed by atoms with van der Waals surface area (Å²) in [5.74, 6) is -0.362. The molecule has 0 bridgehead atoms. The Labute approximate surface area is 187 Å². The van der Waals surface area contributed by atoms with Gasteiger partial charge >= 0.3 is 5.97 Å². The van der Waals surface area contributed by atoms with Crippen molar-refractivity contribution in [1.29, 1.82) is 0 Å². The van der Waals surface area contributed by atoms with Crippen LogP contribution in [0.25, 0.3) is 6.08 Å². The molecule has 3 heterocycles. The number of phenols is 1. The Bertz CT molecular complexity index is 1090. The van der Waals surface area contributed by atoms with Gasteiger partial charge in [-0.25, -0.2) is 4.79 Å². The minimum absolute atomic E-state index is 0.0602. The third kappa shape index (κ3) is 4.52. The molecule has 2 aromatic rings. The summed E-state index contributed by atoms with van der Waals surface area (Å²) in [5, 5.41) is 21.1. The molecule has 0 radical (unpaired) electrons. The molecule has 7 nitrogen and oxygen atoms in total. The van der Waals surface area contributed by atoms with Crippen LogP contribution in [0.4, 0.5) is 0 Å². The van der Waals surface area contributed by atoms with Crippen LogP contribution < -0.4 is 0 Å². The van der Waals surface area contributed by atoms with Crippen LogP contribution in [0, 0.1) is 0 Å². The summed E-state index contributed by atoms with van der Waals surface area (Å²) in [4.78, 5) is 34.3. The Hall–Kier alpha value is -3.04. The van der Waals surface area contributed by atoms with Gasteiger partial charge in [-0.2, -0.15) is 0 Å². The summed E-state index contributed by atoms with van der Waals surface area (Å²) in [6, 6.07) is 9.84. The van der Waals surface area contributed by atoms with Gasteiger partial charge in [-0.3, -0.25) is 19.7 Å². The molecule has 0 aliphatic carbocycles. The third-order valence-electron chi connectivity index (χ3n) is 4.83. The SMILES string of the molecule is O=C(O)C1=C(CSC=Cc2cccnc2)CS[C@H]2C(N=Cc3ccccc3O)C(=O)N12. The van der Waals surface area contributed by atoms with Crippen molar-refractivity contribution in [2.24, 2.45) is 4.99 Å². The number of phenolic OH excluding ortho intramolecular Hbond substituents is 1. The zero-order valence-electron chi connectivity index (χ0n) is 16.3. The first kappa shape index (κ1) is 21.2. The first-order valence-corrected chi connectivity index (χ1v) is 11.6. The second-order valence-corrected chi connectivity index (χ2v) is 8.85. The van der Waals surface area contributed by atoms with Crippen LogP contribution >= 0.6 is 23.5 Å². The number of nitrogens with zero attached hydrogens (tertiary/aromatic N) is 3. The molecule has 1 aromatic carbocycles. The van der Waals surface area contributed by atoms with Crippen LogP contribution in [-0.4, -0.2) is 61.1 Å².